The van der Waals surface area contributed by atoms with Crippen LogP contribution < -0.4 is 16.4 Å². The molecule has 0 fully saturated rings. The average Bonchev–Trinajstić information content (AvgIpc) is 2.36. The van der Waals surface area contributed by atoms with E-state index in [9.17, 15) is 9.59 Å². The monoisotopic (exact) mass is 264 g/mol. The summed E-state index contributed by atoms with van der Waals surface area (Å²) in [6.45, 7) is 4.57. The number of hydrogen-bond acceptors (Lipinski definition) is 4. The predicted octanol–water partition coefficient (Wildman–Crippen LogP) is 0.681. The molecular weight excluding hydrogens is 244 g/mol. The Balaban J connectivity index is 2.90. The van der Waals surface area contributed by atoms with E-state index in [-0.39, 0.29) is 12.5 Å². The normalized spacial score (nSPS) is 10.0. The van der Waals surface area contributed by atoms with Gasteiger partial charge in [0.1, 0.15) is 5.82 Å². The molecule has 1 aromatic heterocycles. The summed E-state index contributed by atoms with van der Waals surface area (Å²) in [6, 6.07) is 3.40. The SMILES string of the molecule is CCCc1cc(C(=O)NCC(N)=O)cc(NCC)n1. The van der Waals surface area contributed by atoms with Gasteiger partial charge in [-0.25, -0.2) is 4.98 Å². The Bertz CT molecular complexity index is 436. The van der Waals surface area contributed by atoms with E-state index in [2.05, 4.69) is 22.5 Å². The number of nitrogens with two attached hydrogens (primary N) is 1. The van der Waals surface area contributed by atoms with Crippen molar-refractivity contribution in [1.82, 2.24) is 10.3 Å². The maximum absolute atomic E-state index is 11.9. The number of carbonyl (C=O) groups is 2. The molecule has 0 bridgehead atoms. The molecule has 0 aliphatic heterocycles. The Hall–Kier alpha value is -2.11. The minimum absolute atomic E-state index is 0.166. The number of nitrogens with one attached hydrogen (secondary N) is 2. The van der Waals surface area contributed by atoms with Gasteiger partial charge in [0.25, 0.3) is 5.91 Å². The molecule has 0 atom stereocenters. The minimum Gasteiger partial charge on any atom is -0.370 e. The number of carbonyl (C=O) groups excluding carboxylic acids is 2. The van der Waals surface area contributed by atoms with Gasteiger partial charge in [0.2, 0.25) is 5.91 Å². The minimum atomic E-state index is -0.567. The molecule has 0 unspecified atom stereocenters. The summed E-state index contributed by atoms with van der Waals surface area (Å²) in [5.41, 5.74) is 6.33. The summed E-state index contributed by atoms with van der Waals surface area (Å²) in [4.78, 5) is 27.0. The van der Waals surface area contributed by atoms with Gasteiger partial charge in [-0.2, -0.15) is 0 Å². The van der Waals surface area contributed by atoms with Gasteiger partial charge >= 0.3 is 0 Å². The lowest BCUT2D eigenvalue weighted by molar-refractivity contribution is -0.117. The first-order valence-electron chi connectivity index (χ1n) is 6.38. The highest BCUT2D eigenvalue weighted by Gasteiger charge is 2.10. The molecule has 0 spiro atoms. The highest BCUT2D eigenvalue weighted by molar-refractivity contribution is 5.96. The van der Waals surface area contributed by atoms with Crippen molar-refractivity contribution < 1.29 is 9.59 Å². The van der Waals surface area contributed by atoms with Gasteiger partial charge in [0, 0.05) is 17.8 Å². The van der Waals surface area contributed by atoms with Gasteiger partial charge in [-0.05, 0) is 25.5 Å². The van der Waals surface area contributed by atoms with Crippen LogP contribution in [0.4, 0.5) is 5.82 Å². The van der Waals surface area contributed by atoms with E-state index >= 15 is 0 Å². The lowest BCUT2D eigenvalue weighted by Crippen LogP contribution is -2.33. The molecule has 0 aliphatic rings. The number of pyridine rings is 1. The topological polar surface area (TPSA) is 97.1 Å². The summed E-state index contributed by atoms with van der Waals surface area (Å²) < 4.78 is 0. The Morgan fingerprint density at radius 1 is 1.32 bits per heavy atom. The van der Waals surface area contributed by atoms with Crippen LogP contribution in [0.25, 0.3) is 0 Å². The third-order valence-corrected chi connectivity index (χ3v) is 2.43. The van der Waals surface area contributed by atoms with Crippen molar-refractivity contribution in [2.45, 2.75) is 26.7 Å². The second-order valence-corrected chi connectivity index (χ2v) is 4.16. The van der Waals surface area contributed by atoms with Gasteiger partial charge in [0.15, 0.2) is 0 Å². The molecule has 0 aromatic carbocycles. The fraction of sp³-hybridized carbons (Fsp3) is 0.462. The third-order valence-electron chi connectivity index (χ3n) is 2.43. The number of primary amides is 1. The smallest absolute Gasteiger partial charge is 0.251 e. The van der Waals surface area contributed by atoms with Crippen LogP contribution in [-0.4, -0.2) is 29.9 Å². The van der Waals surface area contributed by atoms with Crippen LogP contribution in [0.5, 0.6) is 0 Å². The van der Waals surface area contributed by atoms with Crippen molar-refractivity contribution in [3.63, 3.8) is 0 Å². The summed E-state index contributed by atoms with van der Waals surface area (Å²) in [7, 11) is 0. The third kappa shape index (κ3) is 4.95. The van der Waals surface area contributed by atoms with Crippen molar-refractivity contribution in [2.75, 3.05) is 18.4 Å². The fourth-order valence-corrected chi connectivity index (χ4v) is 1.64. The molecule has 19 heavy (non-hydrogen) atoms. The number of aryl methyl sites for hydroxylation is 1. The van der Waals surface area contributed by atoms with Gasteiger partial charge in [0.05, 0.1) is 6.54 Å². The number of rotatable bonds is 7. The van der Waals surface area contributed by atoms with Crippen LogP contribution in [0.2, 0.25) is 0 Å². The molecule has 0 saturated carbocycles. The molecule has 6 heteroatoms. The lowest BCUT2D eigenvalue weighted by Gasteiger charge is -2.09. The molecule has 1 rings (SSSR count). The first-order chi connectivity index (χ1) is 9.06. The Kier molecular flexibility index (Phi) is 5.78. The van der Waals surface area contributed by atoms with E-state index in [1.807, 2.05) is 6.92 Å². The Labute approximate surface area is 112 Å². The lowest BCUT2D eigenvalue weighted by atomic mass is 10.1. The van der Waals surface area contributed by atoms with Crippen molar-refractivity contribution in [3.05, 3.63) is 23.4 Å². The largest absolute Gasteiger partial charge is 0.370 e. The van der Waals surface area contributed by atoms with E-state index in [1.165, 1.54) is 0 Å². The van der Waals surface area contributed by atoms with Crippen molar-refractivity contribution in [1.29, 1.82) is 0 Å². The Morgan fingerprint density at radius 3 is 2.63 bits per heavy atom. The highest BCUT2D eigenvalue weighted by Crippen LogP contribution is 2.12. The zero-order chi connectivity index (χ0) is 14.3. The van der Waals surface area contributed by atoms with Crippen LogP contribution in [0.15, 0.2) is 12.1 Å². The van der Waals surface area contributed by atoms with Gasteiger partial charge in [-0.3, -0.25) is 9.59 Å². The summed E-state index contributed by atoms with van der Waals surface area (Å²) >= 11 is 0. The van der Waals surface area contributed by atoms with E-state index < -0.39 is 5.91 Å². The number of amides is 2. The second kappa shape index (κ2) is 7.35. The van der Waals surface area contributed by atoms with E-state index in [1.54, 1.807) is 12.1 Å². The molecule has 0 radical (unpaired) electrons. The van der Waals surface area contributed by atoms with Gasteiger partial charge in [-0.1, -0.05) is 13.3 Å². The van der Waals surface area contributed by atoms with Crippen LogP contribution >= 0.6 is 0 Å². The van der Waals surface area contributed by atoms with E-state index in [0.29, 0.717) is 11.4 Å². The maximum atomic E-state index is 11.9. The second-order valence-electron chi connectivity index (χ2n) is 4.16. The molecular formula is C13H20N4O2. The highest BCUT2D eigenvalue weighted by atomic mass is 16.2. The predicted molar refractivity (Wildman–Crippen MR) is 73.9 cm³/mol. The number of aromatic nitrogens is 1. The quantitative estimate of drug-likeness (QED) is 0.674. The molecule has 1 heterocycles. The standard InChI is InChI=1S/C13H20N4O2/c1-3-5-10-6-9(7-12(17-10)15-4-2)13(19)16-8-11(14)18/h6-7H,3-5,8H2,1-2H3,(H2,14,18)(H,15,17)(H,16,19). The number of anilines is 1. The molecule has 6 nitrogen and oxygen atoms in total. The maximum Gasteiger partial charge on any atom is 0.251 e. The van der Waals surface area contributed by atoms with Crippen LogP contribution in [0.1, 0.15) is 36.3 Å². The van der Waals surface area contributed by atoms with Crippen LogP contribution in [0.3, 0.4) is 0 Å². The summed E-state index contributed by atoms with van der Waals surface area (Å²) in [6.07, 6.45) is 1.75. The molecule has 4 N–H and O–H groups in total. The fourth-order valence-electron chi connectivity index (χ4n) is 1.64. The Morgan fingerprint density at radius 2 is 2.05 bits per heavy atom. The molecule has 104 valence electrons. The van der Waals surface area contributed by atoms with Gasteiger partial charge in [-0.15, -0.1) is 0 Å². The van der Waals surface area contributed by atoms with Crippen molar-refractivity contribution >= 4 is 17.6 Å². The van der Waals surface area contributed by atoms with E-state index in [0.717, 1.165) is 25.1 Å². The summed E-state index contributed by atoms with van der Waals surface area (Å²) in [5.74, 6) is -0.224. The zero-order valence-corrected chi connectivity index (χ0v) is 11.3. The first-order valence-corrected chi connectivity index (χ1v) is 6.38. The van der Waals surface area contributed by atoms with Gasteiger partial charge < -0.3 is 16.4 Å². The van der Waals surface area contributed by atoms with Crippen molar-refractivity contribution in [3.8, 4) is 0 Å². The number of hydrogen-bond donors (Lipinski definition) is 3. The van der Waals surface area contributed by atoms with Crippen LogP contribution in [0, 0.1) is 0 Å². The van der Waals surface area contributed by atoms with Crippen molar-refractivity contribution in [2.24, 2.45) is 5.73 Å². The summed E-state index contributed by atoms with van der Waals surface area (Å²) in [5, 5.41) is 5.55. The zero-order valence-electron chi connectivity index (χ0n) is 11.3. The molecule has 0 aliphatic carbocycles. The number of nitrogens with zero attached hydrogens (tertiary/aromatic N) is 1. The first kappa shape index (κ1) is 14.9. The molecule has 1 aromatic rings. The van der Waals surface area contributed by atoms with Crippen LogP contribution in [-0.2, 0) is 11.2 Å². The molecule has 2 amide bonds. The average molecular weight is 264 g/mol. The molecule has 0 saturated heterocycles. The van der Waals surface area contributed by atoms with E-state index in [4.69, 9.17) is 5.73 Å².